The molecule has 3 N–H and O–H groups in total. The molecule has 0 atom stereocenters. The lowest BCUT2D eigenvalue weighted by molar-refractivity contribution is 0.581. The molecule has 0 saturated heterocycles. The lowest BCUT2D eigenvalue weighted by Gasteiger charge is -2.06. The number of nitrogens with zero attached hydrogens (tertiary/aromatic N) is 2. The van der Waals surface area contributed by atoms with Crippen LogP contribution in [0.25, 0.3) is 0 Å². The Labute approximate surface area is 126 Å². The van der Waals surface area contributed by atoms with Crippen LogP contribution < -0.4 is 10.5 Å². The van der Waals surface area contributed by atoms with Gasteiger partial charge in [-0.2, -0.15) is 0 Å². The summed E-state index contributed by atoms with van der Waals surface area (Å²) in [5, 5.41) is 1.88. The highest BCUT2D eigenvalue weighted by Gasteiger charge is 2.14. The topological polar surface area (TPSA) is 98.0 Å². The molecule has 0 radical (unpaired) electrons. The van der Waals surface area contributed by atoms with Crippen molar-refractivity contribution in [2.24, 2.45) is 5.73 Å². The standard InChI is InChI=1S/C11H12N4O2S3/c12-11(18)10-2-1-9(5-13-10)20(16,17)15-4-3-8-6-19-7-14-8/h1-2,5-7,15H,3-4H2,(H2,12,18). The van der Waals surface area contributed by atoms with E-state index in [-0.39, 0.29) is 16.4 Å². The third kappa shape index (κ3) is 3.79. The van der Waals surface area contributed by atoms with E-state index in [1.54, 1.807) is 5.51 Å². The van der Waals surface area contributed by atoms with Crippen molar-refractivity contribution in [1.82, 2.24) is 14.7 Å². The summed E-state index contributed by atoms with van der Waals surface area (Å²) < 4.78 is 26.5. The molecule has 6 nitrogen and oxygen atoms in total. The Morgan fingerprint density at radius 1 is 1.40 bits per heavy atom. The number of hydrogen-bond donors (Lipinski definition) is 2. The number of thiazole rings is 1. The molecule has 2 aromatic heterocycles. The van der Waals surface area contributed by atoms with Gasteiger partial charge in [0.2, 0.25) is 10.0 Å². The van der Waals surface area contributed by atoms with Gasteiger partial charge in [-0.3, -0.25) is 4.98 Å². The monoisotopic (exact) mass is 328 g/mol. The highest BCUT2D eigenvalue weighted by atomic mass is 32.2. The molecule has 0 aliphatic rings. The second-order valence-electron chi connectivity index (χ2n) is 3.87. The van der Waals surface area contributed by atoms with Crippen LogP contribution in [0.15, 0.2) is 34.1 Å². The van der Waals surface area contributed by atoms with Gasteiger partial charge in [-0.25, -0.2) is 18.1 Å². The highest BCUT2D eigenvalue weighted by molar-refractivity contribution is 7.89. The molecule has 20 heavy (non-hydrogen) atoms. The smallest absolute Gasteiger partial charge is 0.242 e. The molecule has 9 heteroatoms. The van der Waals surface area contributed by atoms with E-state index in [0.717, 1.165) is 5.69 Å². The van der Waals surface area contributed by atoms with Crippen molar-refractivity contribution in [2.75, 3.05) is 6.54 Å². The molecule has 0 unspecified atom stereocenters. The molecule has 0 aliphatic heterocycles. The number of hydrogen-bond acceptors (Lipinski definition) is 6. The molecule has 0 bridgehead atoms. The maximum absolute atomic E-state index is 12.0. The van der Waals surface area contributed by atoms with Crippen molar-refractivity contribution in [3.8, 4) is 0 Å². The first-order valence-electron chi connectivity index (χ1n) is 5.61. The van der Waals surface area contributed by atoms with E-state index in [4.69, 9.17) is 18.0 Å². The lowest BCUT2D eigenvalue weighted by Crippen LogP contribution is -2.26. The summed E-state index contributed by atoms with van der Waals surface area (Å²) in [6.45, 7) is 0.281. The van der Waals surface area contributed by atoms with Crippen LogP contribution in [0.4, 0.5) is 0 Å². The Kier molecular flexibility index (Phi) is 4.76. The maximum Gasteiger partial charge on any atom is 0.242 e. The van der Waals surface area contributed by atoms with E-state index in [2.05, 4.69) is 14.7 Å². The van der Waals surface area contributed by atoms with Crippen molar-refractivity contribution in [2.45, 2.75) is 11.3 Å². The van der Waals surface area contributed by atoms with Crippen LogP contribution in [0.1, 0.15) is 11.4 Å². The van der Waals surface area contributed by atoms with Gasteiger partial charge in [0.1, 0.15) is 9.88 Å². The fourth-order valence-corrected chi connectivity index (χ4v) is 3.13. The summed E-state index contributed by atoms with van der Waals surface area (Å²) in [5.74, 6) is 0. The van der Waals surface area contributed by atoms with Crippen molar-refractivity contribution in [3.63, 3.8) is 0 Å². The minimum atomic E-state index is -3.58. The summed E-state index contributed by atoms with van der Waals surface area (Å²) in [6, 6.07) is 2.91. The molecule has 0 aliphatic carbocycles. The van der Waals surface area contributed by atoms with Crippen molar-refractivity contribution in [3.05, 3.63) is 40.6 Å². The fourth-order valence-electron chi connectivity index (χ4n) is 1.44. The number of nitrogens with one attached hydrogen (secondary N) is 1. The Morgan fingerprint density at radius 2 is 2.20 bits per heavy atom. The molecule has 2 aromatic rings. The van der Waals surface area contributed by atoms with Crippen molar-refractivity contribution in [1.29, 1.82) is 0 Å². The molecule has 0 amide bonds. The van der Waals surface area contributed by atoms with Gasteiger partial charge in [-0.1, -0.05) is 12.2 Å². The minimum absolute atomic E-state index is 0.0794. The number of nitrogens with two attached hydrogens (primary N) is 1. The van der Waals surface area contributed by atoms with Gasteiger partial charge in [-0.05, 0) is 12.1 Å². The zero-order valence-corrected chi connectivity index (χ0v) is 12.8. The minimum Gasteiger partial charge on any atom is -0.388 e. The average Bonchev–Trinajstić information content (AvgIpc) is 2.92. The van der Waals surface area contributed by atoms with E-state index in [9.17, 15) is 8.42 Å². The third-order valence-electron chi connectivity index (χ3n) is 2.46. The van der Waals surface area contributed by atoms with Crippen molar-refractivity contribution >= 4 is 38.6 Å². The first-order chi connectivity index (χ1) is 9.49. The SMILES string of the molecule is NC(=S)c1ccc(S(=O)(=O)NCCc2cscn2)cn1. The lowest BCUT2D eigenvalue weighted by atomic mass is 10.3. The predicted molar refractivity (Wildman–Crippen MR) is 81.1 cm³/mol. The van der Waals surface area contributed by atoms with Gasteiger partial charge in [-0.15, -0.1) is 11.3 Å². The fraction of sp³-hybridized carbons (Fsp3) is 0.182. The van der Waals surface area contributed by atoms with Gasteiger partial charge in [0.15, 0.2) is 0 Å². The van der Waals surface area contributed by atoms with E-state index < -0.39 is 10.0 Å². The van der Waals surface area contributed by atoms with E-state index >= 15 is 0 Å². The summed E-state index contributed by atoms with van der Waals surface area (Å²) in [5.41, 5.74) is 8.37. The molecule has 0 saturated carbocycles. The van der Waals surface area contributed by atoms with Crippen LogP contribution in [0.3, 0.4) is 0 Å². The maximum atomic E-state index is 12.0. The number of pyridine rings is 1. The van der Waals surface area contributed by atoms with Gasteiger partial charge in [0, 0.05) is 24.5 Å². The van der Waals surface area contributed by atoms with Gasteiger partial charge < -0.3 is 5.73 Å². The van der Waals surface area contributed by atoms with Crippen LogP contribution in [0.2, 0.25) is 0 Å². The predicted octanol–water partition coefficient (Wildman–Crippen LogP) is 0.693. The molecule has 2 heterocycles. The average molecular weight is 328 g/mol. The van der Waals surface area contributed by atoms with Crippen LogP contribution in [0, 0.1) is 0 Å². The molecular formula is C11H12N4O2S3. The van der Waals surface area contributed by atoms with Gasteiger partial charge in [0.25, 0.3) is 0 Å². The Morgan fingerprint density at radius 3 is 2.75 bits per heavy atom. The zero-order valence-electron chi connectivity index (χ0n) is 10.3. The summed E-state index contributed by atoms with van der Waals surface area (Å²) in [7, 11) is -3.58. The normalized spacial score (nSPS) is 11.4. The number of thiocarbonyl (C=S) groups is 1. The Balaban J connectivity index is 2.00. The van der Waals surface area contributed by atoms with Crippen LogP contribution in [-0.4, -0.2) is 29.9 Å². The molecule has 0 fully saturated rings. The van der Waals surface area contributed by atoms with E-state index in [1.165, 1.54) is 29.7 Å². The number of rotatable bonds is 6. The van der Waals surface area contributed by atoms with Gasteiger partial charge in [0.05, 0.1) is 16.9 Å². The second kappa shape index (κ2) is 6.35. The molecule has 0 aromatic carbocycles. The summed E-state index contributed by atoms with van der Waals surface area (Å²) >= 11 is 6.23. The Hall–Kier alpha value is -1.42. The first kappa shape index (κ1) is 15.0. The first-order valence-corrected chi connectivity index (χ1v) is 8.45. The van der Waals surface area contributed by atoms with Gasteiger partial charge >= 0.3 is 0 Å². The zero-order chi connectivity index (χ0) is 14.6. The van der Waals surface area contributed by atoms with E-state index in [1.807, 2.05) is 5.38 Å². The second-order valence-corrected chi connectivity index (χ2v) is 6.80. The molecular weight excluding hydrogens is 316 g/mol. The molecule has 2 rings (SSSR count). The van der Waals surface area contributed by atoms with Crippen LogP contribution in [-0.2, 0) is 16.4 Å². The van der Waals surface area contributed by atoms with E-state index in [0.29, 0.717) is 12.1 Å². The third-order valence-corrected chi connectivity index (χ3v) is 4.75. The van der Waals surface area contributed by atoms with Crippen molar-refractivity contribution < 1.29 is 8.42 Å². The van der Waals surface area contributed by atoms with Crippen LogP contribution in [0.5, 0.6) is 0 Å². The quantitative estimate of drug-likeness (QED) is 0.757. The molecule has 0 spiro atoms. The highest BCUT2D eigenvalue weighted by Crippen LogP contribution is 2.08. The summed E-state index contributed by atoms with van der Waals surface area (Å²) in [6.07, 6.45) is 1.78. The largest absolute Gasteiger partial charge is 0.388 e. The number of sulfonamides is 1. The Bertz CT molecular complexity index is 681. The van der Waals surface area contributed by atoms with Crippen LogP contribution >= 0.6 is 23.6 Å². The number of aromatic nitrogens is 2. The summed E-state index contributed by atoms with van der Waals surface area (Å²) in [4.78, 5) is 8.20. The molecule has 106 valence electrons.